The Morgan fingerprint density at radius 2 is 1.62 bits per heavy atom. The highest BCUT2D eigenvalue weighted by Crippen LogP contribution is 2.27. The van der Waals surface area contributed by atoms with E-state index in [0.717, 1.165) is 29.9 Å². The fourth-order valence-corrected chi connectivity index (χ4v) is 2.51. The van der Waals surface area contributed by atoms with Crippen LogP contribution in [0.5, 0.6) is 11.5 Å². The summed E-state index contributed by atoms with van der Waals surface area (Å²) in [4.78, 5) is 11.9. The highest BCUT2D eigenvalue weighted by Gasteiger charge is 2.05. The highest BCUT2D eigenvalue weighted by molar-refractivity contribution is 5.78. The maximum Gasteiger partial charge on any atom is 0.224 e. The van der Waals surface area contributed by atoms with Crippen molar-refractivity contribution in [3.05, 3.63) is 59.2 Å². The van der Waals surface area contributed by atoms with Crippen molar-refractivity contribution in [2.75, 3.05) is 20.8 Å². The molecule has 0 aliphatic carbocycles. The van der Waals surface area contributed by atoms with Crippen LogP contribution < -0.4 is 14.8 Å². The van der Waals surface area contributed by atoms with Crippen LogP contribution in [-0.2, 0) is 17.6 Å². The Hall–Kier alpha value is -2.49. The fourth-order valence-electron chi connectivity index (χ4n) is 2.51. The van der Waals surface area contributed by atoms with E-state index in [1.165, 1.54) is 11.1 Å². The Bertz CT molecular complexity index is 665. The van der Waals surface area contributed by atoms with E-state index in [4.69, 9.17) is 9.47 Å². The Balaban J connectivity index is 1.74. The van der Waals surface area contributed by atoms with Crippen molar-refractivity contribution in [3.63, 3.8) is 0 Å². The smallest absolute Gasteiger partial charge is 0.224 e. The molecule has 0 saturated carbocycles. The van der Waals surface area contributed by atoms with Crippen molar-refractivity contribution in [2.24, 2.45) is 0 Å². The van der Waals surface area contributed by atoms with Gasteiger partial charge in [-0.05, 0) is 43.0 Å². The predicted molar refractivity (Wildman–Crippen MR) is 95.8 cm³/mol. The van der Waals surface area contributed by atoms with Crippen LogP contribution in [0.4, 0.5) is 0 Å². The lowest BCUT2D eigenvalue weighted by atomic mass is 10.1. The molecule has 0 aliphatic rings. The van der Waals surface area contributed by atoms with Crippen LogP contribution in [-0.4, -0.2) is 26.7 Å². The summed E-state index contributed by atoms with van der Waals surface area (Å²) in [5.74, 6) is 1.53. The van der Waals surface area contributed by atoms with E-state index in [-0.39, 0.29) is 5.91 Å². The van der Waals surface area contributed by atoms with Crippen molar-refractivity contribution < 1.29 is 14.3 Å². The molecule has 0 spiro atoms. The number of amides is 1. The molecule has 1 amide bonds. The zero-order valence-electron chi connectivity index (χ0n) is 14.6. The summed E-state index contributed by atoms with van der Waals surface area (Å²) in [5.41, 5.74) is 3.41. The second-order valence-corrected chi connectivity index (χ2v) is 5.81. The van der Waals surface area contributed by atoms with Gasteiger partial charge in [-0.2, -0.15) is 0 Å². The molecule has 0 saturated heterocycles. The van der Waals surface area contributed by atoms with Crippen molar-refractivity contribution in [3.8, 4) is 11.5 Å². The number of carbonyl (C=O) groups excluding carboxylic acids is 1. The number of aryl methyl sites for hydroxylation is 2. The second kappa shape index (κ2) is 8.96. The van der Waals surface area contributed by atoms with Crippen molar-refractivity contribution in [2.45, 2.75) is 26.2 Å². The molecular weight excluding hydrogens is 302 g/mol. The molecule has 0 heterocycles. The molecule has 0 fully saturated rings. The minimum atomic E-state index is 0.0613. The summed E-state index contributed by atoms with van der Waals surface area (Å²) in [7, 11) is 3.26. The molecule has 2 rings (SSSR count). The van der Waals surface area contributed by atoms with E-state index in [0.29, 0.717) is 13.0 Å². The van der Waals surface area contributed by atoms with Gasteiger partial charge in [0.05, 0.1) is 20.6 Å². The van der Waals surface area contributed by atoms with Gasteiger partial charge in [0.25, 0.3) is 0 Å². The first-order chi connectivity index (χ1) is 11.6. The van der Waals surface area contributed by atoms with Gasteiger partial charge in [-0.1, -0.05) is 35.9 Å². The van der Waals surface area contributed by atoms with Gasteiger partial charge in [0.15, 0.2) is 11.5 Å². The molecule has 24 heavy (non-hydrogen) atoms. The van der Waals surface area contributed by atoms with Gasteiger partial charge < -0.3 is 14.8 Å². The van der Waals surface area contributed by atoms with Crippen LogP contribution in [0.15, 0.2) is 42.5 Å². The van der Waals surface area contributed by atoms with Gasteiger partial charge in [-0.3, -0.25) is 4.79 Å². The molecule has 0 unspecified atom stereocenters. The first-order valence-corrected chi connectivity index (χ1v) is 8.15. The molecule has 1 N–H and O–H groups in total. The first-order valence-electron chi connectivity index (χ1n) is 8.15. The normalized spacial score (nSPS) is 10.3. The Labute approximate surface area is 143 Å². The number of hydrogen-bond donors (Lipinski definition) is 1. The van der Waals surface area contributed by atoms with Gasteiger partial charge in [-0.15, -0.1) is 0 Å². The third kappa shape index (κ3) is 5.30. The monoisotopic (exact) mass is 327 g/mol. The predicted octanol–water partition coefficient (Wildman–Crippen LogP) is 3.30. The lowest BCUT2D eigenvalue weighted by Gasteiger charge is -2.10. The molecule has 0 atom stereocenters. The Morgan fingerprint density at radius 3 is 2.29 bits per heavy atom. The van der Waals surface area contributed by atoms with Crippen molar-refractivity contribution in [1.82, 2.24) is 5.32 Å². The molecule has 2 aromatic rings. The number of hydrogen-bond acceptors (Lipinski definition) is 3. The van der Waals surface area contributed by atoms with Gasteiger partial charge >= 0.3 is 0 Å². The quantitative estimate of drug-likeness (QED) is 0.757. The summed E-state index contributed by atoms with van der Waals surface area (Å²) in [5, 5.41) is 2.97. The van der Waals surface area contributed by atoms with Crippen LogP contribution in [0.2, 0.25) is 0 Å². The minimum Gasteiger partial charge on any atom is -0.493 e. The molecule has 4 nitrogen and oxygen atoms in total. The van der Waals surface area contributed by atoms with Crippen LogP contribution in [0.25, 0.3) is 0 Å². The largest absolute Gasteiger partial charge is 0.493 e. The number of benzene rings is 2. The van der Waals surface area contributed by atoms with E-state index < -0.39 is 0 Å². The average molecular weight is 327 g/mol. The van der Waals surface area contributed by atoms with Crippen LogP contribution in [0.1, 0.15) is 23.1 Å². The number of nitrogens with one attached hydrogen (secondary N) is 1. The molecular formula is C20H25NO3. The van der Waals surface area contributed by atoms with Gasteiger partial charge in [-0.25, -0.2) is 0 Å². The van der Waals surface area contributed by atoms with E-state index >= 15 is 0 Å². The van der Waals surface area contributed by atoms with Crippen LogP contribution >= 0.6 is 0 Å². The SMILES string of the molecule is COc1ccc(CCCNC(=O)Cc2ccc(C)cc2)cc1OC. The summed E-state index contributed by atoms with van der Waals surface area (Å²) in [6, 6.07) is 14.0. The van der Waals surface area contributed by atoms with Gasteiger partial charge in [0, 0.05) is 6.54 Å². The zero-order chi connectivity index (χ0) is 17.4. The summed E-state index contributed by atoms with van der Waals surface area (Å²) >= 11 is 0. The van der Waals surface area contributed by atoms with Crippen molar-refractivity contribution in [1.29, 1.82) is 0 Å². The maximum absolute atomic E-state index is 11.9. The van der Waals surface area contributed by atoms with Crippen LogP contribution in [0, 0.1) is 6.92 Å². The molecule has 4 heteroatoms. The number of ether oxygens (including phenoxy) is 2. The zero-order valence-corrected chi connectivity index (χ0v) is 14.6. The lowest BCUT2D eigenvalue weighted by molar-refractivity contribution is -0.120. The topological polar surface area (TPSA) is 47.6 Å². The third-order valence-electron chi connectivity index (χ3n) is 3.90. The van der Waals surface area contributed by atoms with Gasteiger partial charge in [0.2, 0.25) is 5.91 Å². The van der Waals surface area contributed by atoms with E-state index in [2.05, 4.69) is 5.32 Å². The lowest BCUT2D eigenvalue weighted by Crippen LogP contribution is -2.26. The third-order valence-corrected chi connectivity index (χ3v) is 3.90. The summed E-state index contributed by atoms with van der Waals surface area (Å²) < 4.78 is 10.5. The number of carbonyl (C=O) groups is 1. The van der Waals surface area contributed by atoms with Crippen molar-refractivity contribution >= 4 is 5.91 Å². The average Bonchev–Trinajstić information content (AvgIpc) is 2.60. The van der Waals surface area contributed by atoms with E-state index in [9.17, 15) is 4.79 Å². The molecule has 0 aliphatic heterocycles. The maximum atomic E-state index is 11.9. The summed E-state index contributed by atoms with van der Waals surface area (Å²) in [6.45, 7) is 2.71. The molecule has 0 bridgehead atoms. The fraction of sp³-hybridized carbons (Fsp3) is 0.350. The van der Waals surface area contributed by atoms with E-state index in [1.807, 2.05) is 49.4 Å². The summed E-state index contributed by atoms with van der Waals surface area (Å²) in [6.07, 6.45) is 2.19. The standard InChI is InChI=1S/C20H25NO3/c1-15-6-8-17(9-7-15)14-20(22)21-12-4-5-16-10-11-18(23-2)19(13-16)24-3/h6-11,13H,4-5,12,14H2,1-3H3,(H,21,22). The first kappa shape index (κ1) is 17.9. The molecule has 0 aromatic heterocycles. The highest BCUT2D eigenvalue weighted by atomic mass is 16.5. The van der Waals surface area contributed by atoms with E-state index in [1.54, 1.807) is 14.2 Å². The van der Waals surface area contributed by atoms with Gasteiger partial charge in [0.1, 0.15) is 0 Å². The van der Waals surface area contributed by atoms with Crippen LogP contribution in [0.3, 0.4) is 0 Å². The second-order valence-electron chi connectivity index (χ2n) is 5.81. The molecule has 0 radical (unpaired) electrons. The Morgan fingerprint density at radius 1 is 0.958 bits per heavy atom. The number of methoxy groups -OCH3 is 2. The Kier molecular flexibility index (Phi) is 6.67. The number of rotatable bonds is 8. The minimum absolute atomic E-state index is 0.0613. The molecule has 128 valence electrons. The molecule has 2 aromatic carbocycles.